The van der Waals surface area contributed by atoms with E-state index in [1.807, 2.05) is 13.0 Å². The lowest BCUT2D eigenvalue weighted by Gasteiger charge is -2.10. The van der Waals surface area contributed by atoms with E-state index in [9.17, 15) is 4.79 Å². The molecule has 1 aliphatic rings. The number of ether oxygens (including phenoxy) is 1. The first-order valence-electron chi connectivity index (χ1n) is 5.47. The Kier molecular flexibility index (Phi) is 3.40. The van der Waals surface area contributed by atoms with Crippen LogP contribution < -0.4 is 10.6 Å². The summed E-state index contributed by atoms with van der Waals surface area (Å²) in [6, 6.07) is 1.71. The van der Waals surface area contributed by atoms with Gasteiger partial charge in [-0.05, 0) is 12.8 Å². The summed E-state index contributed by atoms with van der Waals surface area (Å²) < 4.78 is 5.17. The molecule has 0 bridgehead atoms. The number of nitrogens with one attached hydrogen (secondary N) is 3. The molecule has 1 aromatic rings. The molecule has 2 heterocycles. The number of rotatable bonds is 3. The summed E-state index contributed by atoms with van der Waals surface area (Å²) in [6.07, 6.45) is 1.74. The van der Waals surface area contributed by atoms with Crippen LogP contribution in [-0.2, 0) is 11.2 Å². The van der Waals surface area contributed by atoms with Gasteiger partial charge >= 0.3 is 6.03 Å². The van der Waals surface area contributed by atoms with E-state index in [2.05, 4.69) is 20.8 Å². The summed E-state index contributed by atoms with van der Waals surface area (Å²) in [5.74, 6) is 0.549. The molecule has 1 atom stereocenters. The highest BCUT2D eigenvalue weighted by Crippen LogP contribution is 2.07. The molecular formula is C10H16N4O2. The van der Waals surface area contributed by atoms with Crippen LogP contribution in [0.2, 0.25) is 0 Å². The number of amides is 2. The Balaban J connectivity index is 1.81. The third kappa shape index (κ3) is 2.73. The number of hydrogen-bond donors (Lipinski definition) is 3. The van der Waals surface area contributed by atoms with Crippen molar-refractivity contribution in [2.24, 2.45) is 0 Å². The van der Waals surface area contributed by atoms with Gasteiger partial charge in [0.15, 0.2) is 5.82 Å². The van der Waals surface area contributed by atoms with E-state index in [4.69, 9.17) is 4.74 Å². The fourth-order valence-electron chi connectivity index (χ4n) is 1.59. The summed E-state index contributed by atoms with van der Waals surface area (Å²) in [5, 5.41) is 12.3. The van der Waals surface area contributed by atoms with Crippen LogP contribution in [0.5, 0.6) is 0 Å². The topological polar surface area (TPSA) is 79.0 Å². The SMILES string of the molecule is CCc1cc(NC(=O)NC2CCOC2)n[nH]1. The van der Waals surface area contributed by atoms with Crippen molar-refractivity contribution < 1.29 is 9.53 Å². The molecule has 0 saturated carbocycles. The fraction of sp³-hybridized carbons (Fsp3) is 0.600. The minimum Gasteiger partial charge on any atom is -0.379 e. The van der Waals surface area contributed by atoms with E-state index in [0.29, 0.717) is 19.0 Å². The first-order chi connectivity index (χ1) is 7.78. The predicted molar refractivity (Wildman–Crippen MR) is 59.3 cm³/mol. The van der Waals surface area contributed by atoms with Crippen molar-refractivity contribution in [2.75, 3.05) is 18.5 Å². The number of hydrogen-bond acceptors (Lipinski definition) is 3. The Bertz CT molecular complexity index is 357. The van der Waals surface area contributed by atoms with Gasteiger partial charge in [-0.15, -0.1) is 0 Å². The zero-order valence-corrected chi connectivity index (χ0v) is 9.25. The molecule has 1 aromatic heterocycles. The van der Waals surface area contributed by atoms with Gasteiger partial charge in [0.2, 0.25) is 0 Å². The van der Waals surface area contributed by atoms with Crippen LogP contribution in [0.15, 0.2) is 6.07 Å². The van der Waals surface area contributed by atoms with Crippen LogP contribution in [0.4, 0.5) is 10.6 Å². The zero-order valence-electron chi connectivity index (χ0n) is 9.25. The maximum atomic E-state index is 11.5. The number of carbonyl (C=O) groups excluding carboxylic acids is 1. The summed E-state index contributed by atoms with van der Waals surface area (Å²) >= 11 is 0. The lowest BCUT2D eigenvalue weighted by atomic mass is 10.3. The van der Waals surface area contributed by atoms with Crippen LogP contribution in [0.3, 0.4) is 0 Å². The number of aromatic amines is 1. The number of H-pyrrole nitrogens is 1. The lowest BCUT2D eigenvalue weighted by Crippen LogP contribution is -2.38. The summed E-state index contributed by atoms with van der Waals surface area (Å²) in [7, 11) is 0. The van der Waals surface area contributed by atoms with Crippen LogP contribution in [0.25, 0.3) is 0 Å². The number of aromatic nitrogens is 2. The highest BCUT2D eigenvalue weighted by atomic mass is 16.5. The fourth-order valence-corrected chi connectivity index (χ4v) is 1.59. The molecule has 1 fully saturated rings. The van der Waals surface area contributed by atoms with Crippen LogP contribution in [0, 0.1) is 0 Å². The van der Waals surface area contributed by atoms with Gasteiger partial charge in [-0.1, -0.05) is 6.92 Å². The Labute approximate surface area is 93.8 Å². The Morgan fingerprint density at radius 1 is 1.75 bits per heavy atom. The molecular weight excluding hydrogens is 208 g/mol. The van der Waals surface area contributed by atoms with Crippen molar-refractivity contribution in [2.45, 2.75) is 25.8 Å². The molecule has 0 aromatic carbocycles. The van der Waals surface area contributed by atoms with Gasteiger partial charge in [-0.3, -0.25) is 10.4 Å². The molecule has 0 radical (unpaired) electrons. The predicted octanol–water partition coefficient (Wildman–Crippen LogP) is 0.882. The van der Waals surface area contributed by atoms with Crippen molar-refractivity contribution in [3.63, 3.8) is 0 Å². The van der Waals surface area contributed by atoms with E-state index >= 15 is 0 Å². The van der Waals surface area contributed by atoms with Gasteiger partial charge in [0.25, 0.3) is 0 Å². The molecule has 0 aliphatic carbocycles. The number of carbonyl (C=O) groups is 1. The first kappa shape index (κ1) is 10.9. The van der Waals surface area contributed by atoms with Crippen LogP contribution in [-0.4, -0.2) is 35.5 Å². The molecule has 1 saturated heterocycles. The monoisotopic (exact) mass is 224 g/mol. The van der Waals surface area contributed by atoms with Gasteiger partial charge in [-0.25, -0.2) is 4.79 Å². The van der Waals surface area contributed by atoms with Gasteiger partial charge in [-0.2, -0.15) is 5.10 Å². The minimum atomic E-state index is -0.232. The normalized spacial score (nSPS) is 19.7. The van der Waals surface area contributed by atoms with Crippen molar-refractivity contribution in [3.05, 3.63) is 11.8 Å². The van der Waals surface area contributed by atoms with E-state index in [1.165, 1.54) is 0 Å². The number of nitrogens with zero attached hydrogens (tertiary/aromatic N) is 1. The standard InChI is InChI=1S/C10H16N4O2/c1-2-7-5-9(14-13-7)12-10(15)11-8-3-4-16-6-8/h5,8H,2-4,6H2,1H3,(H3,11,12,13,14,15). The highest BCUT2D eigenvalue weighted by molar-refractivity contribution is 5.88. The molecule has 88 valence electrons. The van der Waals surface area contributed by atoms with Crippen molar-refractivity contribution in [3.8, 4) is 0 Å². The van der Waals surface area contributed by atoms with Crippen molar-refractivity contribution in [1.29, 1.82) is 0 Å². The zero-order chi connectivity index (χ0) is 11.4. The highest BCUT2D eigenvalue weighted by Gasteiger charge is 2.17. The van der Waals surface area contributed by atoms with E-state index in [1.54, 1.807) is 0 Å². The van der Waals surface area contributed by atoms with Crippen LogP contribution >= 0.6 is 0 Å². The molecule has 3 N–H and O–H groups in total. The number of aryl methyl sites for hydroxylation is 1. The maximum absolute atomic E-state index is 11.5. The third-order valence-corrected chi connectivity index (χ3v) is 2.52. The molecule has 0 spiro atoms. The summed E-state index contributed by atoms with van der Waals surface area (Å²) in [6.45, 7) is 3.33. The first-order valence-corrected chi connectivity index (χ1v) is 5.47. The molecule has 1 unspecified atom stereocenters. The van der Waals surface area contributed by atoms with Gasteiger partial charge < -0.3 is 10.1 Å². The average Bonchev–Trinajstić information content (AvgIpc) is 2.89. The smallest absolute Gasteiger partial charge is 0.320 e. The third-order valence-electron chi connectivity index (χ3n) is 2.52. The molecule has 2 rings (SSSR count). The largest absolute Gasteiger partial charge is 0.379 e. The van der Waals surface area contributed by atoms with Gasteiger partial charge in [0.1, 0.15) is 0 Å². The Hall–Kier alpha value is -1.56. The van der Waals surface area contributed by atoms with Crippen molar-refractivity contribution in [1.82, 2.24) is 15.5 Å². The molecule has 6 nitrogen and oxygen atoms in total. The molecule has 2 amide bonds. The Morgan fingerprint density at radius 2 is 2.62 bits per heavy atom. The quantitative estimate of drug-likeness (QED) is 0.713. The second-order valence-corrected chi connectivity index (χ2v) is 3.79. The summed E-state index contributed by atoms with van der Waals surface area (Å²) in [5.41, 5.74) is 1.000. The second-order valence-electron chi connectivity index (χ2n) is 3.79. The van der Waals surface area contributed by atoms with Gasteiger partial charge in [0.05, 0.1) is 12.6 Å². The number of anilines is 1. The molecule has 16 heavy (non-hydrogen) atoms. The van der Waals surface area contributed by atoms with E-state index in [-0.39, 0.29) is 12.1 Å². The average molecular weight is 224 g/mol. The Morgan fingerprint density at radius 3 is 3.25 bits per heavy atom. The molecule has 6 heteroatoms. The van der Waals surface area contributed by atoms with E-state index < -0.39 is 0 Å². The van der Waals surface area contributed by atoms with Crippen molar-refractivity contribution >= 4 is 11.8 Å². The maximum Gasteiger partial charge on any atom is 0.320 e. The van der Waals surface area contributed by atoms with Gasteiger partial charge in [0, 0.05) is 18.4 Å². The molecule has 1 aliphatic heterocycles. The lowest BCUT2D eigenvalue weighted by molar-refractivity contribution is 0.189. The number of urea groups is 1. The minimum absolute atomic E-state index is 0.115. The summed E-state index contributed by atoms with van der Waals surface area (Å²) in [4.78, 5) is 11.5. The van der Waals surface area contributed by atoms with E-state index in [0.717, 1.165) is 18.5 Å². The second kappa shape index (κ2) is 4.98. The van der Waals surface area contributed by atoms with Crippen LogP contribution in [0.1, 0.15) is 19.0 Å².